The van der Waals surface area contributed by atoms with Crippen molar-refractivity contribution >= 4 is 28.3 Å². The zero-order valence-corrected chi connectivity index (χ0v) is 22.7. The molecule has 0 bridgehead atoms. The van der Waals surface area contributed by atoms with Crippen LogP contribution < -0.4 is 15.4 Å². The van der Waals surface area contributed by atoms with Gasteiger partial charge in [0.1, 0.15) is 12.4 Å². The summed E-state index contributed by atoms with van der Waals surface area (Å²) in [6.45, 7) is 4.27. The highest BCUT2D eigenvalue weighted by atomic mass is 32.1. The quantitative estimate of drug-likeness (QED) is 0.391. The molecule has 2 amide bonds. The molecule has 5 atom stereocenters. The largest absolute Gasteiger partial charge is 0.497 e. The normalized spacial score (nSPS) is 28.6. The van der Waals surface area contributed by atoms with Gasteiger partial charge in [0.25, 0.3) is 5.91 Å². The maximum Gasteiger partial charge on any atom is 0.252 e. The van der Waals surface area contributed by atoms with E-state index in [9.17, 15) is 19.8 Å². The minimum Gasteiger partial charge on any atom is -0.497 e. The van der Waals surface area contributed by atoms with E-state index in [-0.39, 0.29) is 48.7 Å². The van der Waals surface area contributed by atoms with Crippen molar-refractivity contribution in [3.8, 4) is 5.75 Å². The van der Waals surface area contributed by atoms with Crippen molar-refractivity contribution in [1.29, 1.82) is 0 Å². The number of anilines is 1. The van der Waals surface area contributed by atoms with E-state index < -0.39 is 11.5 Å². The van der Waals surface area contributed by atoms with E-state index in [0.717, 1.165) is 21.9 Å². The molecule has 9 nitrogen and oxygen atoms in total. The highest BCUT2D eigenvalue weighted by Gasteiger charge is 2.59. The number of aliphatic hydroxyl groups excluding tert-OH is 2. The highest BCUT2D eigenvalue weighted by molar-refractivity contribution is 7.15. The predicted octanol–water partition coefficient (Wildman–Crippen LogP) is 2.86. The number of nitrogens with zero attached hydrogens (tertiary/aromatic N) is 1. The first-order valence-corrected chi connectivity index (χ1v) is 13.4. The zero-order valence-electron chi connectivity index (χ0n) is 21.9. The molecule has 2 aromatic rings. The summed E-state index contributed by atoms with van der Waals surface area (Å²) in [7, 11) is 3.07. The van der Waals surface area contributed by atoms with Crippen molar-refractivity contribution in [3.63, 3.8) is 0 Å². The third-order valence-electron chi connectivity index (χ3n) is 8.45. The second-order valence-corrected chi connectivity index (χ2v) is 11.8. The molecule has 4 N–H and O–H groups in total. The van der Waals surface area contributed by atoms with Crippen molar-refractivity contribution in [3.05, 3.63) is 40.4 Å². The van der Waals surface area contributed by atoms with Gasteiger partial charge in [0.05, 0.1) is 25.5 Å². The Labute approximate surface area is 221 Å². The van der Waals surface area contributed by atoms with Crippen molar-refractivity contribution in [2.75, 3.05) is 32.8 Å². The monoisotopic (exact) mass is 531 g/mol. The van der Waals surface area contributed by atoms with Crippen molar-refractivity contribution in [1.82, 2.24) is 10.3 Å². The molecule has 1 aromatic heterocycles. The molecular formula is C27H37N3O6S. The molecule has 0 aliphatic heterocycles. The third kappa shape index (κ3) is 5.38. The number of amides is 2. The fourth-order valence-corrected chi connectivity index (χ4v) is 7.27. The van der Waals surface area contributed by atoms with Crippen LogP contribution in [-0.4, -0.2) is 60.5 Å². The number of carbonyl (C=O) groups is 2. The number of nitrogens with one attached hydrogen (secondary N) is 2. The summed E-state index contributed by atoms with van der Waals surface area (Å²) in [5, 5.41) is 27.6. The zero-order chi connectivity index (χ0) is 26.8. The van der Waals surface area contributed by atoms with Gasteiger partial charge in [-0.1, -0.05) is 26.0 Å². The number of aromatic nitrogens is 1. The lowest BCUT2D eigenvalue weighted by Gasteiger charge is -2.58. The van der Waals surface area contributed by atoms with Crippen LogP contribution >= 0.6 is 11.3 Å². The molecule has 2 aliphatic carbocycles. The summed E-state index contributed by atoms with van der Waals surface area (Å²) in [6.07, 6.45) is 1.48. The summed E-state index contributed by atoms with van der Waals surface area (Å²) in [4.78, 5) is 31.2. The van der Waals surface area contributed by atoms with Gasteiger partial charge in [0.15, 0.2) is 5.13 Å². The standard InChI is InChI=1S/C27H37N3O6S/c1-26-10-9-21(32)27(2,15-31)20(26)12-19-24(30-25(37-19)29-23(34)14-35-3)18(26)11-22(33)28-13-16-5-7-17(36-4)8-6-16/h5-8,18,20-21,31-32H,9-15H2,1-4H3,(H,28,33)(H,29,30,34)/t18-,20+,21-,26+,27+/m1/s1. The lowest BCUT2D eigenvalue weighted by molar-refractivity contribution is -0.144. The van der Waals surface area contributed by atoms with Crippen LogP contribution in [0.25, 0.3) is 0 Å². The molecule has 4 rings (SSSR count). The molecule has 0 spiro atoms. The van der Waals surface area contributed by atoms with Crippen LogP contribution in [0, 0.1) is 16.7 Å². The second-order valence-electron chi connectivity index (χ2n) is 10.7. The van der Waals surface area contributed by atoms with E-state index in [0.29, 0.717) is 30.9 Å². The average molecular weight is 532 g/mol. The number of hydrogen-bond acceptors (Lipinski definition) is 8. The summed E-state index contributed by atoms with van der Waals surface area (Å²) >= 11 is 1.40. The lowest BCUT2D eigenvalue weighted by Crippen LogP contribution is -2.57. The molecule has 202 valence electrons. The van der Waals surface area contributed by atoms with Crippen molar-refractivity contribution in [2.45, 2.75) is 58.1 Å². The Morgan fingerprint density at radius 3 is 2.57 bits per heavy atom. The smallest absolute Gasteiger partial charge is 0.252 e. The molecule has 37 heavy (non-hydrogen) atoms. The molecule has 10 heteroatoms. The molecule has 2 aliphatic rings. The highest BCUT2D eigenvalue weighted by Crippen LogP contribution is 2.62. The molecule has 0 radical (unpaired) electrons. The van der Waals surface area contributed by atoms with Gasteiger partial charge in [0.2, 0.25) is 5.91 Å². The SMILES string of the molecule is COCC(=O)Nc1nc2c(s1)C[C@@H]1[C@](C)(CO)[C@H](O)CC[C@@]1(C)[C@@H]2CC(=O)NCc1ccc(OC)cc1. The van der Waals surface area contributed by atoms with E-state index in [1.807, 2.05) is 31.2 Å². The van der Waals surface area contributed by atoms with Crippen LogP contribution in [0.3, 0.4) is 0 Å². The first-order valence-electron chi connectivity index (χ1n) is 12.6. The van der Waals surface area contributed by atoms with Crippen LogP contribution in [0.5, 0.6) is 5.75 Å². The Morgan fingerprint density at radius 1 is 1.19 bits per heavy atom. The molecular weight excluding hydrogens is 494 g/mol. The summed E-state index contributed by atoms with van der Waals surface area (Å²) in [6, 6.07) is 7.55. The van der Waals surface area contributed by atoms with Gasteiger partial charge >= 0.3 is 0 Å². The fourth-order valence-electron chi connectivity index (χ4n) is 6.19. The van der Waals surface area contributed by atoms with E-state index >= 15 is 0 Å². The number of carbonyl (C=O) groups excluding carboxylic acids is 2. The van der Waals surface area contributed by atoms with Crippen LogP contribution in [0.1, 0.15) is 55.2 Å². The average Bonchev–Trinajstić information content (AvgIpc) is 3.28. The fraction of sp³-hybridized carbons (Fsp3) is 0.593. The number of ether oxygens (including phenoxy) is 2. The molecule has 1 aromatic carbocycles. The van der Waals surface area contributed by atoms with Gasteiger partial charge in [0, 0.05) is 36.3 Å². The van der Waals surface area contributed by atoms with Gasteiger partial charge in [-0.15, -0.1) is 11.3 Å². The summed E-state index contributed by atoms with van der Waals surface area (Å²) in [5.74, 6) is 0.0978. The van der Waals surface area contributed by atoms with Crippen LogP contribution in [0.15, 0.2) is 24.3 Å². The van der Waals surface area contributed by atoms with Gasteiger partial charge < -0.3 is 25.0 Å². The molecule has 1 heterocycles. The molecule has 0 saturated heterocycles. The van der Waals surface area contributed by atoms with Crippen molar-refractivity contribution in [2.24, 2.45) is 16.7 Å². The minimum atomic E-state index is -0.702. The maximum absolute atomic E-state index is 13.3. The van der Waals surface area contributed by atoms with E-state index in [1.54, 1.807) is 7.11 Å². The molecule has 1 fully saturated rings. The van der Waals surface area contributed by atoms with E-state index in [2.05, 4.69) is 17.6 Å². The number of rotatable bonds is 9. The molecule has 1 saturated carbocycles. The first kappa shape index (κ1) is 27.5. The lowest BCUT2D eigenvalue weighted by atomic mass is 9.47. The topological polar surface area (TPSA) is 130 Å². The van der Waals surface area contributed by atoms with Gasteiger partial charge in [-0.3, -0.25) is 14.9 Å². The molecule has 0 unspecified atom stereocenters. The Morgan fingerprint density at radius 2 is 1.92 bits per heavy atom. The van der Waals surface area contributed by atoms with Gasteiger partial charge in [-0.2, -0.15) is 0 Å². The second kappa shape index (κ2) is 11.1. The Bertz CT molecular complexity index is 1120. The number of methoxy groups -OCH3 is 2. The third-order valence-corrected chi connectivity index (χ3v) is 9.46. The Hall–Kier alpha value is -2.53. The van der Waals surface area contributed by atoms with Gasteiger partial charge in [-0.25, -0.2) is 4.98 Å². The van der Waals surface area contributed by atoms with E-state index in [4.69, 9.17) is 14.5 Å². The summed E-state index contributed by atoms with van der Waals surface area (Å²) in [5.41, 5.74) is 0.732. The number of benzene rings is 1. The minimum absolute atomic E-state index is 0.0522. The maximum atomic E-state index is 13.3. The number of hydrogen-bond donors (Lipinski definition) is 4. The predicted molar refractivity (Wildman–Crippen MR) is 141 cm³/mol. The summed E-state index contributed by atoms with van der Waals surface area (Å²) < 4.78 is 10.1. The van der Waals surface area contributed by atoms with E-state index in [1.165, 1.54) is 18.4 Å². The number of aliphatic hydroxyl groups is 2. The van der Waals surface area contributed by atoms with Crippen LogP contribution in [-0.2, 0) is 27.3 Å². The van der Waals surface area contributed by atoms with Gasteiger partial charge in [-0.05, 0) is 48.3 Å². The van der Waals surface area contributed by atoms with Crippen LogP contribution in [0.4, 0.5) is 5.13 Å². The van der Waals surface area contributed by atoms with Crippen LogP contribution in [0.2, 0.25) is 0 Å². The first-order chi connectivity index (χ1) is 17.6. The number of fused-ring (bicyclic) bond motifs is 2. The van der Waals surface area contributed by atoms with Crippen molar-refractivity contribution < 1.29 is 29.3 Å². The number of thiazole rings is 1. The Kier molecular flexibility index (Phi) is 8.23. The Balaban J connectivity index is 1.61.